The van der Waals surface area contributed by atoms with Gasteiger partial charge in [0.2, 0.25) is 10.0 Å². The highest BCUT2D eigenvalue weighted by molar-refractivity contribution is 7.89. The molecule has 0 amide bonds. The molecular weight excluding hydrogens is 316 g/mol. The second-order valence-electron chi connectivity index (χ2n) is 6.43. The van der Waals surface area contributed by atoms with Crippen LogP contribution in [-0.2, 0) is 26.1 Å². The molecule has 7 heteroatoms. The van der Waals surface area contributed by atoms with Crippen LogP contribution in [0.15, 0.2) is 18.5 Å². The van der Waals surface area contributed by atoms with Crippen LogP contribution in [0.3, 0.4) is 0 Å². The van der Waals surface area contributed by atoms with Crippen molar-refractivity contribution >= 4 is 10.0 Å². The van der Waals surface area contributed by atoms with Gasteiger partial charge in [0.05, 0.1) is 24.1 Å². The number of hydrogen-bond acceptors (Lipinski definition) is 5. The smallest absolute Gasteiger partial charge is 0.214 e. The van der Waals surface area contributed by atoms with E-state index in [0.29, 0.717) is 26.3 Å². The summed E-state index contributed by atoms with van der Waals surface area (Å²) in [5.74, 6) is 0.142. The first-order chi connectivity index (χ1) is 10.9. The summed E-state index contributed by atoms with van der Waals surface area (Å²) in [5, 5.41) is 0. The van der Waals surface area contributed by atoms with Gasteiger partial charge in [0, 0.05) is 38.5 Å². The lowest BCUT2D eigenvalue weighted by atomic mass is 9.86. The van der Waals surface area contributed by atoms with Crippen LogP contribution in [0.25, 0.3) is 0 Å². The summed E-state index contributed by atoms with van der Waals surface area (Å²) in [7, 11) is -3.11. The van der Waals surface area contributed by atoms with Gasteiger partial charge >= 0.3 is 0 Å². The zero-order valence-corrected chi connectivity index (χ0v) is 14.5. The van der Waals surface area contributed by atoms with E-state index in [1.54, 1.807) is 13.1 Å². The monoisotopic (exact) mass is 340 g/mol. The molecule has 0 aliphatic carbocycles. The molecule has 3 rings (SSSR count). The van der Waals surface area contributed by atoms with Crippen molar-refractivity contribution in [3.63, 3.8) is 0 Å². The van der Waals surface area contributed by atoms with Gasteiger partial charge < -0.3 is 9.47 Å². The number of aryl methyl sites for hydroxylation is 1. The van der Waals surface area contributed by atoms with Crippen molar-refractivity contribution in [2.45, 2.75) is 45.0 Å². The zero-order valence-electron chi connectivity index (χ0n) is 13.7. The molecule has 2 aliphatic rings. The second-order valence-corrected chi connectivity index (χ2v) is 8.69. The van der Waals surface area contributed by atoms with E-state index in [1.165, 1.54) is 9.87 Å². The Bertz CT molecular complexity index is 656. The largest absolute Gasteiger partial charge is 0.373 e. The average Bonchev–Trinajstić information content (AvgIpc) is 2.52. The molecule has 128 valence electrons. The highest BCUT2D eigenvalue weighted by Gasteiger charge is 2.51. The highest BCUT2D eigenvalue weighted by Crippen LogP contribution is 2.37. The van der Waals surface area contributed by atoms with E-state index in [0.717, 1.165) is 18.4 Å². The summed E-state index contributed by atoms with van der Waals surface area (Å²) in [6.45, 7) is 5.79. The molecule has 23 heavy (non-hydrogen) atoms. The Kier molecular flexibility index (Phi) is 4.73. The summed E-state index contributed by atoms with van der Waals surface area (Å²) < 4.78 is 37.2. The van der Waals surface area contributed by atoms with E-state index in [9.17, 15) is 8.42 Å². The van der Waals surface area contributed by atoms with Gasteiger partial charge in [-0.05, 0) is 37.5 Å². The molecule has 2 aliphatic heterocycles. The van der Waals surface area contributed by atoms with E-state index < -0.39 is 10.0 Å². The fraction of sp³-hybridized carbons (Fsp3) is 0.688. The van der Waals surface area contributed by atoms with E-state index in [-0.39, 0.29) is 17.5 Å². The highest BCUT2D eigenvalue weighted by atomic mass is 32.2. The van der Waals surface area contributed by atoms with Crippen molar-refractivity contribution in [3.8, 4) is 0 Å². The van der Waals surface area contributed by atoms with E-state index in [1.807, 2.05) is 19.2 Å². The normalized spacial score (nSPS) is 24.5. The fourth-order valence-corrected chi connectivity index (χ4v) is 4.41. The third-order valence-electron chi connectivity index (χ3n) is 4.76. The number of hydrogen-bond donors (Lipinski definition) is 0. The summed E-state index contributed by atoms with van der Waals surface area (Å²) >= 11 is 0. The van der Waals surface area contributed by atoms with Crippen LogP contribution < -0.4 is 0 Å². The van der Waals surface area contributed by atoms with Crippen molar-refractivity contribution in [2.75, 3.05) is 25.4 Å². The quantitative estimate of drug-likeness (QED) is 0.812. The predicted octanol–water partition coefficient (Wildman–Crippen LogP) is 1.49. The van der Waals surface area contributed by atoms with E-state index in [4.69, 9.17) is 9.47 Å². The third kappa shape index (κ3) is 3.57. The van der Waals surface area contributed by atoms with Gasteiger partial charge in [-0.3, -0.25) is 4.98 Å². The Morgan fingerprint density at radius 1 is 1.48 bits per heavy atom. The number of sulfonamides is 1. The molecule has 0 saturated carbocycles. The number of rotatable bonds is 5. The van der Waals surface area contributed by atoms with Crippen molar-refractivity contribution in [1.29, 1.82) is 0 Å². The standard InChI is InChI=1S/C16H24N2O4S/c1-3-23(19,20)18-11-16(12-18)8-15(5-7-22-16)21-10-14-9-17-6-4-13(14)2/h4,6,9,15H,3,5,7-8,10-12H2,1-2H3/t15-/m0/s1. The molecule has 1 aromatic rings. The van der Waals surface area contributed by atoms with E-state index >= 15 is 0 Å². The van der Waals surface area contributed by atoms with Crippen molar-refractivity contribution in [1.82, 2.24) is 9.29 Å². The van der Waals surface area contributed by atoms with Crippen LogP contribution in [0.4, 0.5) is 0 Å². The molecule has 1 atom stereocenters. The van der Waals surface area contributed by atoms with Gasteiger partial charge in [0.1, 0.15) is 0 Å². The molecule has 0 unspecified atom stereocenters. The topological polar surface area (TPSA) is 68.7 Å². The lowest BCUT2D eigenvalue weighted by Gasteiger charge is -2.52. The SMILES string of the molecule is CCS(=O)(=O)N1CC2(C[C@@H](OCc3cnccc3C)CCO2)C1. The van der Waals surface area contributed by atoms with Crippen LogP contribution in [0.2, 0.25) is 0 Å². The Hall–Kier alpha value is -1.02. The van der Waals surface area contributed by atoms with Crippen molar-refractivity contribution in [2.24, 2.45) is 0 Å². The number of ether oxygens (including phenoxy) is 2. The minimum atomic E-state index is -3.11. The van der Waals surface area contributed by atoms with Gasteiger partial charge in [0.25, 0.3) is 0 Å². The van der Waals surface area contributed by atoms with Crippen LogP contribution in [0.5, 0.6) is 0 Å². The minimum absolute atomic E-state index is 0.106. The number of pyridine rings is 1. The van der Waals surface area contributed by atoms with Crippen LogP contribution in [0.1, 0.15) is 30.9 Å². The minimum Gasteiger partial charge on any atom is -0.373 e. The molecule has 1 spiro atoms. The fourth-order valence-electron chi connectivity index (χ4n) is 3.18. The average molecular weight is 340 g/mol. The third-order valence-corrected chi connectivity index (χ3v) is 6.53. The van der Waals surface area contributed by atoms with Crippen molar-refractivity contribution in [3.05, 3.63) is 29.6 Å². The molecule has 0 aromatic carbocycles. The molecule has 0 N–H and O–H groups in total. The maximum atomic E-state index is 11.9. The molecular formula is C16H24N2O4S. The lowest BCUT2D eigenvalue weighted by Crippen LogP contribution is -2.67. The van der Waals surface area contributed by atoms with Crippen LogP contribution in [-0.4, -0.2) is 54.9 Å². The summed E-state index contributed by atoms with van der Waals surface area (Å²) in [6.07, 6.45) is 5.32. The summed E-state index contributed by atoms with van der Waals surface area (Å²) in [4.78, 5) is 4.13. The van der Waals surface area contributed by atoms with Gasteiger partial charge in [-0.1, -0.05) is 0 Å². The molecule has 0 radical (unpaired) electrons. The van der Waals surface area contributed by atoms with Gasteiger partial charge in [0.15, 0.2) is 0 Å². The zero-order chi connectivity index (χ0) is 16.5. The van der Waals surface area contributed by atoms with Crippen molar-refractivity contribution < 1.29 is 17.9 Å². The van der Waals surface area contributed by atoms with E-state index in [2.05, 4.69) is 4.98 Å². The molecule has 1 aromatic heterocycles. The first kappa shape index (κ1) is 16.8. The first-order valence-corrected chi connectivity index (χ1v) is 9.68. The Balaban J connectivity index is 1.55. The second kappa shape index (κ2) is 6.47. The van der Waals surface area contributed by atoms with Crippen LogP contribution >= 0.6 is 0 Å². The maximum absolute atomic E-state index is 11.9. The Morgan fingerprint density at radius 3 is 2.96 bits per heavy atom. The summed E-state index contributed by atoms with van der Waals surface area (Å²) in [6, 6.07) is 1.98. The molecule has 3 heterocycles. The molecule has 2 fully saturated rings. The number of nitrogens with zero attached hydrogens (tertiary/aromatic N) is 2. The lowest BCUT2D eigenvalue weighted by molar-refractivity contribution is -0.180. The first-order valence-electron chi connectivity index (χ1n) is 8.07. The molecule has 2 saturated heterocycles. The number of aromatic nitrogens is 1. The Labute approximate surface area is 137 Å². The maximum Gasteiger partial charge on any atom is 0.214 e. The molecule has 0 bridgehead atoms. The van der Waals surface area contributed by atoms with Crippen LogP contribution in [0, 0.1) is 6.92 Å². The van der Waals surface area contributed by atoms with Gasteiger partial charge in [-0.25, -0.2) is 8.42 Å². The Morgan fingerprint density at radius 2 is 2.26 bits per heavy atom. The predicted molar refractivity (Wildman–Crippen MR) is 86.5 cm³/mol. The molecule has 6 nitrogen and oxygen atoms in total. The van der Waals surface area contributed by atoms with Gasteiger partial charge in [-0.2, -0.15) is 4.31 Å². The summed E-state index contributed by atoms with van der Waals surface area (Å²) in [5.41, 5.74) is 1.91. The van der Waals surface area contributed by atoms with Gasteiger partial charge in [-0.15, -0.1) is 0 Å².